The molecule has 0 bridgehead atoms. The Hall–Kier alpha value is -1.45. The number of fused-ring (bicyclic) bond motifs is 1. The van der Waals surface area contributed by atoms with E-state index in [-0.39, 0.29) is 6.10 Å². The van der Waals surface area contributed by atoms with E-state index in [1.54, 1.807) is 0 Å². The summed E-state index contributed by atoms with van der Waals surface area (Å²) in [5.74, 6) is 2.18. The van der Waals surface area contributed by atoms with E-state index in [2.05, 4.69) is 53.8 Å². The summed E-state index contributed by atoms with van der Waals surface area (Å²) in [5.41, 5.74) is 4.19. The van der Waals surface area contributed by atoms with Gasteiger partial charge in [-0.2, -0.15) is 0 Å². The van der Waals surface area contributed by atoms with Crippen LogP contribution in [-0.2, 0) is 19.3 Å². The Morgan fingerprint density at radius 2 is 1.95 bits per heavy atom. The van der Waals surface area contributed by atoms with Crippen molar-refractivity contribution >= 4 is 11.8 Å². The Bertz CT molecular complexity index is 637. The monoisotopic (exact) mass is 311 g/mol. The first-order valence-corrected chi connectivity index (χ1v) is 9.06. The van der Waals surface area contributed by atoms with Gasteiger partial charge in [0.2, 0.25) is 0 Å². The summed E-state index contributed by atoms with van der Waals surface area (Å²) in [6.07, 6.45) is 3.48. The molecular formula is C19H21NOS. The molecule has 0 aromatic heterocycles. The van der Waals surface area contributed by atoms with Crippen LogP contribution >= 0.6 is 11.8 Å². The third-order valence-corrected chi connectivity index (χ3v) is 5.60. The summed E-state index contributed by atoms with van der Waals surface area (Å²) in [6.45, 7) is 1.13. The standard InChI is InChI=1S/C19H21NOS/c1-2-4-14(5-3-1)9-17-11-16-8-15(6-7-19(16)21-17)10-18-12-20-13-22-18/h1-8,17-18,20H,9-13H2. The maximum atomic E-state index is 6.12. The number of nitrogens with one attached hydrogen (secondary N) is 1. The molecule has 0 spiro atoms. The molecule has 1 fully saturated rings. The molecule has 0 aliphatic carbocycles. The summed E-state index contributed by atoms with van der Waals surface area (Å²) < 4.78 is 6.12. The molecule has 1 N–H and O–H groups in total. The molecule has 2 atom stereocenters. The molecule has 3 heteroatoms. The maximum Gasteiger partial charge on any atom is 0.123 e. The van der Waals surface area contributed by atoms with E-state index in [0.717, 1.165) is 42.7 Å². The van der Waals surface area contributed by atoms with Crippen LogP contribution in [0.15, 0.2) is 48.5 Å². The van der Waals surface area contributed by atoms with E-state index in [0.29, 0.717) is 0 Å². The van der Waals surface area contributed by atoms with Crippen LogP contribution in [0.5, 0.6) is 5.75 Å². The lowest BCUT2D eigenvalue weighted by atomic mass is 10.0. The van der Waals surface area contributed by atoms with Crippen molar-refractivity contribution in [2.75, 3.05) is 12.4 Å². The van der Waals surface area contributed by atoms with Gasteiger partial charge in [-0.25, -0.2) is 0 Å². The minimum absolute atomic E-state index is 0.287. The molecule has 2 aromatic rings. The zero-order valence-corrected chi connectivity index (χ0v) is 13.4. The summed E-state index contributed by atoms with van der Waals surface area (Å²) >= 11 is 2.03. The fourth-order valence-electron chi connectivity index (χ4n) is 3.34. The van der Waals surface area contributed by atoms with Crippen molar-refractivity contribution in [1.29, 1.82) is 0 Å². The molecule has 0 radical (unpaired) electrons. The predicted molar refractivity (Wildman–Crippen MR) is 92.7 cm³/mol. The van der Waals surface area contributed by atoms with Crippen LogP contribution < -0.4 is 10.1 Å². The first-order chi connectivity index (χ1) is 10.9. The first kappa shape index (κ1) is 14.2. The molecule has 4 rings (SSSR count). The Labute approximate surface area is 136 Å². The number of rotatable bonds is 4. The van der Waals surface area contributed by atoms with Crippen LogP contribution in [0.25, 0.3) is 0 Å². The zero-order valence-electron chi connectivity index (χ0n) is 12.6. The van der Waals surface area contributed by atoms with E-state index in [4.69, 9.17) is 4.74 Å². The van der Waals surface area contributed by atoms with Crippen LogP contribution in [-0.4, -0.2) is 23.8 Å². The molecule has 2 aliphatic rings. The van der Waals surface area contributed by atoms with E-state index in [1.165, 1.54) is 16.7 Å². The third-order valence-electron chi connectivity index (χ3n) is 4.43. The highest BCUT2D eigenvalue weighted by Gasteiger charge is 2.24. The van der Waals surface area contributed by atoms with Gasteiger partial charge in [0.05, 0.1) is 0 Å². The number of hydrogen-bond acceptors (Lipinski definition) is 3. The van der Waals surface area contributed by atoms with Crippen molar-refractivity contribution in [2.24, 2.45) is 0 Å². The van der Waals surface area contributed by atoms with Gasteiger partial charge in [0, 0.05) is 30.5 Å². The third kappa shape index (κ3) is 3.16. The number of hydrogen-bond donors (Lipinski definition) is 1. The summed E-state index contributed by atoms with van der Waals surface area (Å²) in [7, 11) is 0. The summed E-state index contributed by atoms with van der Waals surface area (Å²) in [4.78, 5) is 0. The first-order valence-electron chi connectivity index (χ1n) is 8.01. The molecule has 114 valence electrons. The lowest BCUT2D eigenvalue weighted by Crippen LogP contribution is -2.16. The highest BCUT2D eigenvalue weighted by Crippen LogP contribution is 2.32. The molecule has 0 amide bonds. The van der Waals surface area contributed by atoms with E-state index in [1.807, 2.05) is 11.8 Å². The van der Waals surface area contributed by atoms with Crippen LogP contribution in [0.3, 0.4) is 0 Å². The minimum Gasteiger partial charge on any atom is -0.489 e. The highest BCUT2D eigenvalue weighted by molar-refractivity contribution is 8.00. The normalized spacial score (nSPS) is 23.3. The van der Waals surface area contributed by atoms with Gasteiger partial charge in [0.15, 0.2) is 0 Å². The van der Waals surface area contributed by atoms with Crippen LogP contribution in [0.1, 0.15) is 16.7 Å². The van der Waals surface area contributed by atoms with E-state index in [9.17, 15) is 0 Å². The Morgan fingerprint density at radius 3 is 2.77 bits per heavy atom. The molecular weight excluding hydrogens is 290 g/mol. The second-order valence-corrected chi connectivity index (χ2v) is 7.46. The molecule has 2 unspecified atom stereocenters. The maximum absolute atomic E-state index is 6.12. The molecule has 0 saturated carbocycles. The largest absolute Gasteiger partial charge is 0.489 e. The highest BCUT2D eigenvalue weighted by atomic mass is 32.2. The van der Waals surface area contributed by atoms with Gasteiger partial charge in [-0.05, 0) is 29.2 Å². The predicted octanol–water partition coefficient (Wildman–Crippen LogP) is 3.44. The second-order valence-electron chi connectivity index (χ2n) is 6.17. The van der Waals surface area contributed by atoms with Crippen molar-refractivity contribution in [2.45, 2.75) is 30.6 Å². The van der Waals surface area contributed by atoms with Crippen molar-refractivity contribution in [1.82, 2.24) is 5.32 Å². The number of benzene rings is 2. The Balaban J connectivity index is 1.42. The average Bonchev–Trinajstić information content (AvgIpc) is 3.17. The van der Waals surface area contributed by atoms with Gasteiger partial charge in [-0.15, -0.1) is 11.8 Å². The van der Waals surface area contributed by atoms with Gasteiger partial charge in [-0.3, -0.25) is 0 Å². The number of ether oxygens (including phenoxy) is 1. The SMILES string of the molecule is c1ccc(CC2Cc3cc(CC4CNCS4)ccc3O2)cc1. The average molecular weight is 311 g/mol. The Kier molecular flexibility index (Phi) is 4.09. The topological polar surface area (TPSA) is 21.3 Å². The van der Waals surface area contributed by atoms with Gasteiger partial charge in [-0.1, -0.05) is 42.5 Å². The van der Waals surface area contributed by atoms with E-state index < -0.39 is 0 Å². The van der Waals surface area contributed by atoms with Gasteiger partial charge in [0.25, 0.3) is 0 Å². The fourth-order valence-corrected chi connectivity index (χ4v) is 4.36. The van der Waals surface area contributed by atoms with Crippen LogP contribution in [0.4, 0.5) is 0 Å². The quantitative estimate of drug-likeness (QED) is 0.934. The molecule has 2 aromatic carbocycles. The van der Waals surface area contributed by atoms with Crippen molar-refractivity contribution in [3.63, 3.8) is 0 Å². The van der Waals surface area contributed by atoms with E-state index >= 15 is 0 Å². The number of thioether (sulfide) groups is 1. The molecule has 2 aliphatic heterocycles. The molecule has 2 nitrogen and oxygen atoms in total. The van der Waals surface area contributed by atoms with Crippen molar-refractivity contribution in [3.05, 3.63) is 65.2 Å². The lowest BCUT2D eigenvalue weighted by Gasteiger charge is -2.10. The zero-order chi connectivity index (χ0) is 14.8. The van der Waals surface area contributed by atoms with Crippen LogP contribution in [0.2, 0.25) is 0 Å². The summed E-state index contributed by atoms with van der Waals surface area (Å²) in [6, 6.07) is 17.4. The Morgan fingerprint density at radius 1 is 1.05 bits per heavy atom. The smallest absolute Gasteiger partial charge is 0.123 e. The van der Waals surface area contributed by atoms with Gasteiger partial charge >= 0.3 is 0 Å². The van der Waals surface area contributed by atoms with Gasteiger partial charge < -0.3 is 10.1 Å². The molecule has 2 heterocycles. The lowest BCUT2D eigenvalue weighted by molar-refractivity contribution is 0.233. The second kappa shape index (κ2) is 6.35. The summed E-state index contributed by atoms with van der Waals surface area (Å²) in [5, 5.41) is 4.14. The van der Waals surface area contributed by atoms with Gasteiger partial charge in [0.1, 0.15) is 11.9 Å². The van der Waals surface area contributed by atoms with Crippen LogP contribution in [0, 0.1) is 0 Å². The van der Waals surface area contributed by atoms with Crippen molar-refractivity contribution < 1.29 is 4.74 Å². The van der Waals surface area contributed by atoms with Crippen molar-refractivity contribution in [3.8, 4) is 5.75 Å². The molecule has 22 heavy (non-hydrogen) atoms. The molecule has 1 saturated heterocycles. The minimum atomic E-state index is 0.287. The fraction of sp³-hybridized carbons (Fsp3) is 0.368.